The zero-order valence-corrected chi connectivity index (χ0v) is 10.3. The Morgan fingerprint density at radius 3 is 3.00 bits per heavy atom. The Balaban J connectivity index is 2.14. The fraction of sp³-hybridized carbons (Fsp3) is 0.364. The van der Waals surface area contributed by atoms with Crippen LogP contribution in [0.5, 0.6) is 5.88 Å². The molecule has 2 aromatic rings. The van der Waals surface area contributed by atoms with Gasteiger partial charge >= 0.3 is 0 Å². The van der Waals surface area contributed by atoms with Gasteiger partial charge in [-0.1, -0.05) is 6.07 Å². The zero-order valence-electron chi connectivity index (χ0n) is 9.43. The summed E-state index contributed by atoms with van der Waals surface area (Å²) in [5, 5.41) is 6.33. The molecule has 0 bridgehead atoms. The molecule has 4 nitrogen and oxygen atoms in total. The molecule has 0 saturated carbocycles. The van der Waals surface area contributed by atoms with Crippen molar-refractivity contribution in [2.24, 2.45) is 0 Å². The van der Waals surface area contributed by atoms with E-state index < -0.39 is 0 Å². The van der Waals surface area contributed by atoms with Crippen molar-refractivity contribution in [1.29, 1.82) is 0 Å². The number of aromatic nitrogens is 2. The third-order valence-corrected chi connectivity index (χ3v) is 3.21. The van der Waals surface area contributed by atoms with E-state index in [4.69, 9.17) is 10.5 Å². The molecular weight excluding hydrogens is 222 g/mol. The fourth-order valence-electron chi connectivity index (χ4n) is 1.47. The zero-order chi connectivity index (χ0) is 11.5. The third-order valence-electron chi connectivity index (χ3n) is 2.36. The van der Waals surface area contributed by atoms with E-state index in [1.54, 1.807) is 16.0 Å². The van der Waals surface area contributed by atoms with Gasteiger partial charge in [0.2, 0.25) is 5.88 Å². The molecule has 86 valence electrons. The number of aryl methyl sites for hydroxylation is 2. The van der Waals surface area contributed by atoms with Gasteiger partial charge < -0.3 is 10.5 Å². The lowest BCUT2D eigenvalue weighted by Gasteiger charge is -2.07. The molecule has 0 unspecified atom stereocenters. The number of rotatable bonds is 4. The lowest BCUT2D eigenvalue weighted by molar-refractivity contribution is 0.278. The van der Waals surface area contributed by atoms with Crippen LogP contribution >= 0.6 is 11.3 Å². The van der Waals surface area contributed by atoms with Gasteiger partial charge in [0.25, 0.3) is 0 Å². The van der Waals surface area contributed by atoms with Crippen LogP contribution in [0.25, 0.3) is 0 Å². The van der Waals surface area contributed by atoms with Gasteiger partial charge in [-0.05, 0) is 25.3 Å². The number of hydrogen-bond acceptors (Lipinski definition) is 4. The average molecular weight is 237 g/mol. The van der Waals surface area contributed by atoms with Gasteiger partial charge in [-0.15, -0.1) is 11.3 Å². The normalized spacial score (nSPS) is 10.6. The first-order chi connectivity index (χ1) is 7.72. The van der Waals surface area contributed by atoms with Crippen LogP contribution in [-0.2, 0) is 13.2 Å². The summed E-state index contributed by atoms with van der Waals surface area (Å²) in [6, 6.07) is 4.05. The maximum atomic E-state index is 5.91. The number of hydrogen-bond donors (Lipinski definition) is 1. The summed E-state index contributed by atoms with van der Waals surface area (Å²) in [5.41, 5.74) is 7.37. The van der Waals surface area contributed by atoms with Crippen LogP contribution in [0.3, 0.4) is 0 Å². The molecule has 5 heteroatoms. The summed E-state index contributed by atoms with van der Waals surface area (Å²) in [6.45, 7) is 5.22. The molecular formula is C11H15N3OS. The highest BCUT2D eigenvalue weighted by molar-refractivity contribution is 7.09. The van der Waals surface area contributed by atoms with Crippen molar-refractivity contribution < 1.29 is 4.74 Å². The summed E-state index contributed by atoms with van der Waals surface area (Å²) in [6.07, 6.45) is 0. The van der Waals surface area contributed by atoms with Crippen molar-refractivity contribution >= 4 is 17.0 Å². The minimum Gasteiger partial charge on any atom is -0.471 e. The number of nitrogens with two attached hydrogens (primary N) is 1. The van der Waals surface area contributed by atoms with Gasteiger partial charge in [-0.25, -0.2) is 4.68 Å². The minimum atomic E-state index is 0.549. The van der Waals surface area contributed by atoms with Gasteiger partial charge in [0, 0.05) is 11.4 Å². The van der Waals surface area contributed by atoms with Crippen LogP contribution in [0.1, 0.15) is 17.5 Å². The highest BCUT2D eigenvalue weighted by atomic mass is 32.1. The van der Waals surface area contributed by atoms with E-state index in [-0.39, 0.29) is 0 Å². The molecule has 16 heavy (non-hydrogen) atoms. The molecule has 0 radical (unpaired) electrons. The van der Waals surface area contributed by atoms with Crippen LogP contribution in [0.2, 0.25) is 0 Å². The van der Waals surface area contributed by atoms with Crippen molar-refractivity contribution in [1.82, 2.24) is 9.78 Å². The number of ether oxygens (including phenoxy) is 1. The molecule has 0 aliphatic rings. The monoisotopic (exact) mass is 237 g/mol. The Morgan fingerprint density at radius 1 is 1.56 bits per heavy atom. The first-order valence-electron chi connectivity index (χ1n) is 5.20. The highest BCUT2D eigenvalue weighted by Crippen LogP contribution is 2.26. The second-order valence-electron chi connectivity index (χ2n) is 3.49. The first kappa shape index (κ1) is 11.0. The number of thiophene rings is 1. The maximum absolute atomic E-state index is 5.91. The second kappa shape index (κ2) is 4.57. The Bertz CT molecular complexity index is 462. The molecule has 2 aromatic heterocycles. The molecule has 0 fully saturated rings. The van der Waals surface area contributed by atoms with Crippen molar-refractivity contribution in [3.8, 4) is 5.88 Å². The summed E-state index contributed by atoms with van der Waals surface area (Å²) >= 11 is 1.67. The van der Waals surface area contributed by atoms with E-state index in [2.05, 4.69) is 5.10 Å². The predicted octanol–water partition coefficient (Wildman–Crippen LogP) is 2.43. The minimum absolute atomic E-state index is 0.549. The Morgan fingerprint density at radius 2 is 2.38 bits per heavy atom. The second-order valence-corrected chi connectivity index (χ2v) is 4.52. The van der Waals surface area contributed by atoms with E-state index in [0.717, 1.165) is 12.2 Å². The Hall–Kier alpha value is -1.49. The highest BCUT2D eigenvalue weighted by Gasteiger charge is 2.12. The Labute approximate surface area is 98.6 Å². The van der Waals surface area contributed by atoms with Crippen molar-refractivity contribution in [2.45, 2.75) is 27.0 Å². The van der Waals surface area contributed by atoms with E-state index in [1.165, 1.54) is 4.88 Å². The van der Waals surface area contributed by atoms with Gasteiger partial charge in [0.05, 0.1) is 5.69 Å². The first-order valence-corrected chi connectivity index (χ1v) is 6.08. The van der Waals surface area contributed by atoms with Crippen LogP contribution in [0, 0.1) is 6.92 Å². The fourth-order valence-corrected chi connectivity index (χ4v) is 2.09. The molecule has 2 N–H and O–H groups in total. The van der Waals surface area contributed by atoms with Crippen molar-refractivity contribution in [3.05, 3.63) is 28.1 Å². The van der Waals surface area contributed by atoms with E-state index in [9.17, 15) is 0 Å². The van der Waals surface area contributed by atoms with Crippen LogP contribution in [-0.4, -0.2) is 9.78 Å². The number of nitrogens with zero attached hydrogens (tertiary/aromatic N) is 2. The number of nitrogen functional groups attached to an aromatic ring is 1. The molecule has 0 aromatic carbocycles. The van der Waals surface area contributed by atoms with Crippen LogP contribution in [0.15, 0.2) is 17.5 Å². The smallest absolute Gasteiger partial charge is 0.236 e. The Kier molecular flexibility index (Phi) is 3.14. The summed E-state index contributed by atoms with van der Waals surface area (Å²) in [5.74, 6) is 0.674. The molecule has 0 aliphatic carbocycles. The van der Waals surface area contributed by atoms with E-state index >= 15 is 0 Å². The summed E-state index contributed by atoms with van der Waals surface area (Å²) in [7, 11) is 0. The lowest BCUT2D eigenvalue weighted by atomic mass is 10.4. The topological polar surface area (TPSA) is 53.1 Å². The van der Waals surface area contributed by atoms with E-state index in [0.29, 0.717) is 18.2 Å². The van der Waals surface area contributed by atoms with E-state index in [1.807, 2.05) is 31.4 Å². The summed E-state index contributed by atoms with van der Waals surface area (Å²) in [4.78, 5) is 1.18. The lowest BCUT2D eigenvalue weighted by Crippen LogP contribution is -2.04. The predicted molar refractivity (Wildman–Crippen MR) is 65.7 cm³/mol. The standard InChI is InChI=1S/C11H15N3OS/c1-3-14-11(10(12)8(2)13-14)15-7-9-5-4-6-16-9/h4-6H,3,7,12H2,1-2H3. The van der Waals surface area contributed by atoms with Gasteiger partial charge in [-0.3, -0.25) is 0 Å². The summed E-state index contributed by atoms with van der Waals surface area (Å²) < 4.78 is 7.50. The van der Waals surface area contributed by atoms with Crippen LogP contribution < -0.4 is 10.5 Å². The van der Waals surface area contributed by atoms with Crippen molar-refractivity contribution in [3.63, 3.8) is 0 Å². The third kappa shape index (κ3) is 2.04. The quantitative estimate of drug-likeness (QED) is 0.888. The molecule has 0 saturated heterocycles. The van der Waals surface area contributed by atoms with Gasteiger partial charge in [-0.2, -0.15) is 5.10 Å². The molecule has 0 amide bonds. The molecule has 0 atom stereocenters. The van der Waals surface area contributed by atoms with Gasteiger partial charge in [0.15, 0.2) is 0 Å². The van der Waals surface area contributed by atoms with Crippen LogP contribution in [0.4, 0.5) is 5.69 Å². The number of anilines is 1. The maximum Gasteiger partial charge on any atom is 0.236 e. The average Bonchev–Trinajstić information content (AvgIpc) is 2.87. The molecule has 2 rings (SSSR count). The largest absolute Gasteiger partial charge is 0.471 e. The van der Waals surface area contributed by atoms with Gasteiger partial charge in [0.1, 0.15) is 12.3 Å². The molecule has 0 aliphatic heterocycles. The SMILES string of the molecule is CCn1nc(C)c(N)c1OCc1cccs1. The molecule has 2 heterocycles. The molecule has 0 spiro atoms. The van der Waals surface area contributed by atoms with Crippen molar-refractivity contribution in [2.75, 3.05) is 5.73 Å².